The van der Waals surface area contributed by atoms with Crippen molar-refractivity contribution in [2.45, 2.75) is 19.3 Å². The quantitative estimate of drug-likeness (QED) is 0.248. The smallest absolute Gasteiger partial charge is 0.237 e. The molecule has 14 nitrogen and oxygen atoms in total. The zero-order valence-electron chi connectivity index (χ0n) is 26.1. The summed E-state index contributed by atoms with van der Waals surface area (Å²) in [6.07, 6.45) is 7.15. The molecule has 46 heavy (non-hydrogen) atoms. The lowest BCUT2D eigenvalue weighted by atomic mass is 9.85. The van der Waals surface area contributed by atoms with Gasteiger partial charge in [0.2, 0.25) is 11.8 Å². The number of amides is 2. The maximum atomic E-state index is 13.8. The number of nitrogen functional groups attached to an aromatic ring is 1. The fourth-order valence-electron chi connectivity index (χ4n) is 6.40. The van der Waals surface area contributed by atoms with Crippen molar-refractivity contribution < 1.29 is 9.59 Å². The largest absolute Gasteiger partial charge is 0.397 e. The molecule has 0 saturated carbocycles. The van der Waals surface area contributed by atoms with Crippen LogP contribution in [0.15, 0.2) is 58.7 Å². The van der Waals surface area contributed by atoms with Gasteiger partial charge in [0.05, 0.1) is 23.8 Å². The highest BCUT2D eigenvalue weighted by molar-refractivity contribution is 6.11. The summed E-state index contributed by atoms with van der Waals surface area (Å²) in [6, 6.07) is 11.3. The van der Waals surface area contributed by atoms with Crippen molar-refractivity contribution in [3.8, 4) is 0 Å². The highest BCUT2D eigenvalue weighted by Crippen LogP contribution is 2.42. The van der Waals surface area contributed by atoms with Gasteiger partial charge in [-0.25, -0.2) is 9.98 Å². The Balaban J connectivity index is 1.05. The first-order valence-electron chi connectivity index (χ1n) is 15.3. The fourth-order valence-corrected chi connectivity index (χ4v) is 6.40. The molecule has 2 aromatic heterocycles. The number of nitrogens with two attached hydrogens (primary N) is 2. The van der Waals surface area contributed by atoms with E-state index in [1.165, 1.54) is 22.9 Å². The Bertz CT molecular complexity index is 1760. The van der Waals surface area contributed by atoms with Gasteiger partial charge in [0.15, 0.2) is 0 Å². The molecule has 14 heteroatoms. The van der Waals surface area contributed by atoms with E-state index in [1.807, 2.05) is 29.2 Å². The van der Waals surface area contributed by atoms with Crippen molar-refractivity contribution in [1.29, 1.82) is 5.41 Å². The van der Waals surface area contributed by atoms with E-state index >= 15 is 0 Å². The third kappa shape index (κ3) is 6.03. The lowest BCUT2D eigenvalue weighted by molar-refractivity contribution is -0.132. The van der Waals surface area contributed by atoms with E-state index in [0.29, 0.717) is 68.6 Å². The Labute approximate surface area is 267 Å². The highest BCUT2D eigenvalue weighted by atomic mass is 16.2. The Morgan fingerprint density at radius 2 is 1.91 bits per heavy atom. The lowest BCUT2D eigenvalue weighted by Gasteiger charge is -2.29. The summed E-state index contributed by atoms with van der Waals surface area (Å²) in [5.74, 6) is 0.940. The zero-order chi connectivity index (χ0) is 32.4. The van der Waals surface area contributed by atoms with Crippen LogP contribution < -0.4 is 16.4 Å². The Hall–Kier alpha value is -5.24. The number of aryl methyl sites for hydroxylation is 1. The molecular weight excluding hydrogens is 584 g/mol. The Morgan fingerprint density at radius 3 is 2.61 bits per heavy atom. The van der Waals surface area contributed by atoms with Gasteiger partial charge < -0.3 is 16.4 Å². The van der Waals surface area contributed by atoms with Crippen LogP contribution >= 0.6 is 0 Å². The van der Waals surface area contributed by atoms with Crippen LogP contribution in [0, 0.1) is 10.8 Å². The standard InChI is InChI=1S/C32H38N12O2/c1-36-20-37-30(35)23-5-3-21(4-6-23)22-9-13-43(14-10-22)27(45)18-42-15-11-32(19-42)12-16-44(31(32)46)26-8-7-24(33)29(39-26)28(34)25-17-38-41(2)40-25/h3-9,17,20,34H,10-16,18-19,33H2,1-2H3,(H2,35,36,37)/t32-/m0/s1. The van der Waals surface area contributed by atoms with Crippen LogP contribution in [0.1, 0.15) is 41.8 Å². The summed E-state index contributed by atoms with van der Waals surface area (Å²) in [5, 5.41) is 16.8. The monoisotopic (exact) mass is 622 g/mol. The molecular formula is C32H38N12O2. The number of rotatable bonds is 8. The molecule has 0 radical (unpaired) electrons. The molecule has 2 saturated heterocycles. The van der Waals surface area contributed by atoms with Crippen molar-refractivity contribution in [2.24, 2.45) is 28.2 Å². The number of hydrogen-bond acceptors (Lipinski definition) is 9. The van der Waals surface area contributed by atoms with Gasteiger partial charge in [-0.05, 0) is 49.1 Å². The summed E-state index contributed by atoms with van der Waals surface area (Å²) in [4.78, 5) is 46.7. The number of nitrogens with zero attached hydrogens (tertiary/aromatic N) is 9. The van der Waals surface area contributed by atoms with E-state index in [4.69, 9.17) is 16.9 Å². The second-order valence-electron chi connectivity index (χ2n) is 11.9. The van der Waals surface area contributed by atoms with E-state index in [-0.39, 0.29) is 29.8 Å². The van der Waals surface area contributed by atoms with Crippen LogP contribution in [-0.4, -0.2) is 106 Å². The van der Waals surface area contributed by atoms with E-state index in [9.17, 15) is 9.59 Å². The van der Waals surface area contributed by atoms with Crippen LogP contribution in [0.3, 0.4) is 0 Å². The first-order chi connectivity index (χ1) is 22.2. The van der Waals surface area contributed by atoms with Gasteiger partial charge in [-0.15, -0.1) is 0 Å². The molecule has 5 N–H and O–H groups in total. The molecule has 2 amide bonds. The molecule has 238 valence electrons. The molecule has 5 heterocycles. The Kier molecular flexibility index (Phi) is 8.45. The summed E-state index contributed by atoms with van der Waals surface area (Å²) in [7, 11) is 3.32. The molecule has 3 aliphatic rings. The van der Waals surface area contributed by atoms with Crippen molar-refractivity contribution in [2.75, 3.05) is 56.9 Å². The molecule has 0 unspecified atom stereocenters. The van der Waals surface area contributed by atoms with Crippen molar-refractivity contribution in [3.05, 3.63) is 71.2 Å². The first-order valence-corrected chi connectivity index (χ1v) is 15.3. The average molecular weight is 623 g/mol. The lowest BCUT2D eigenvalue weighted by Crippen LogP contribution is -2.43. The van der Waals surface area contributed by atoms with Gasteiger partial charge in [0, 0.05) is 45.8 Å². The summed E-state index contributed by atoms with van der Waals surface area (Å²) >= 11 is 0. The van der Waals surface area contributed by atoms with E-state index < -0.39 is 5.41 Å². The zero-order valence-corrected chi connectivity index (χ0v) is 26.1. The number of aliphatic imine (C=N–C) groups is 2. The van der Waals surface area contributed by atoms with Gasteiger partial charge in [-0.1, -0.05) is 30.3 Å². The second-order valence-corrected chi connectivity index (χ2v) is 11.9. The number of anilines is 2. The van der Waals surface area contributed by atoms with E-state index in [0.717, 1.165) is 17.5 Å². The Morgan fingerprint density at radius 1 is 1.13 bits per heavy atom. The second kappa shape index (κ2) is 12.6. The van der Waals surface area contributed by atoms with Crippen LogP contribution in [0.25, 0.3) is 5.57 Å². The van der Waals surface area contributed by atoms with Crippen LogP contribution in [0.2, 0.25) is 0 Å². The summed E-state index contributed by atoms with van der Waals surface area (Å²) < 4.78 is 0. The molecule has 1 atom stereocenters. The van der Waals surface area contributed by atoms with Gasteiger partial charge >= 0.3 is 0 Å². The van der Waals surface area contributed by atoms with Crippen molar-refractivity contribution in [1.82, 2.24) is 29.8 Å². The molecule has 2 fully saturated rings. The molecule has 3 aromatic rings. The summed E-state index contributed by atoms with van der Waals surface area (Å²) in [5.41, 5.74) is 15.7. The fraction of sp³-hybridized carbons (Fsp3) is 0.375. The normalized spacial score (nSPS) is 20.7. The summed E-state index contributed by atoms with van der Waals surface area (Å²) in [6.45, 7) is 3.20. The van der Waals surface area contributed by atoms with E-state index in [1.54, 1.807) is 31.1 Å². The van der Waals surface area contributed by atoms with Crippen molar-refractivity contribution in [3.63, 3.8) is 0 Å². The van der Waals surface area contributed by atoms with Gasteiger partial charge in [0.1, 0.15) is 35.1 Å². The molecule has 1 aromatic carbocycles. The van der Waals surface area contributed by atoms with Gasteiger partial charge in [-0.3, -0.25) is 29.8 Å². The molecule has 0 bridgehead atoms. The number of carbonyl (C=O) groups is 2. The van der Waals surface area contributed by atoms with E-state index in [2.05, 4.69) is 36.1 Å². The van der Waals surface area contributed by atoms with Crippen LogP contribution in [-0.2, 0) is 16.6 Å². The van der Waals surface area contributed by atoms with Crippen LogP contribution in [0.4, 0.5) is 11.5 Å². The number of aromatic nitrogens is 4. The van der Waals surface area contributed by atoms with Gasteiger partial charge in [0.25, 0.3) is 0 Å². The number of hydrogen-bond donors (Lipinski definition) is 3. The number of amidine groups is 1. The highest BCUT2D eigenvalue weighted by Gasteiger charge is 2.51. The third-order valence-corrected chi connectivity index (χ3v) is 9.01. The number of pyridine rings is 1. The maximum Gasteiger partial charge on any atom is 0.237 e. The molecule has 1 spiro atoms. The number of benzene rings is 1. The maximum absolute atomic E-state index is 13.8. The minimum Gasteiger partial charge on any atom is -0.397 e. The minimum absolute atomic E-state index is 0.000191. The van der Waals surface area contributed by atoms with Crippen LogP contribution in [0.5, 0.6) is 0 Å². The number of carbonyl (C=O) groups excluding carboxylic acids is 2. The number of likely N-dealkylation sites (tertiary alicyclic amines) is 1. The number of nitrogens with one attached hydrogen (secondary N) is 1. The topological polar surface area (TPSA) is 188 Å². The average Bonchev–Trinajstić information content (AvgIpc) is 3.78. The molecule has 6 rings (SSSR count). The minimum atomic E-state index is -0.555. The third-order valence-electron chi connectivity index (χ3n) is 9.01. The van der Waals surface area contributed by atoms with Crippen molar-refractivity contribution >= 4 is 46.8 Å². The SMILES string of the molecule is CN=CN=C(N)c1ccc(C2=CCN(C(=O)CN3CC[C@]4(CCN(c5ccc(N)c(C(=N)c6cnn(C)n6)n5)C4=O)C3)CC2)cc1. The first kappa shape index (κ1) is 30.8. The molecule has 0 aliphatic carbocycles. The van der Waals surface area contributed by atoms with Gasteiger partial charge in [-0.2, -0.15) is 15.0 Å². The predicted molar refractivity (Wildman–Crippen MR) is 177 cm³/mol. The molecule has 3 aliphatic heterocycles. The predicted octanol–water partition coefficient (Wildman–Crippen LogP) is 1.32.